The molecule has 0 saturated carbocycles. The van der Waals surface area contributed by atoms with Gasteiger partial charge in [-0.25, -0.2) is 4.39 Å². The molecule has 4 heteroatoms. The highest BCUT2D eigenvalue weighted by atomic mass is 35.5. The van der Waals surface area contributed by atoms with Crippen LogP contribution in [-0.4, -0.2) is 11.7 Å². The molecule has 2 nitrogen and oxygen atoms in total. The molecular weight excluding hydrogens is 181 g/mol. The second kappa shape index (κ2) is 2.61. The van der Waals surface area contributed by atoms with Crippen molar-refractivity contribution in [1.29, 1.82) is 0 Å². The first kappa shape index (κ1) is 7.83. The van der Waals surface area contributed by atoms with Gasteiger partial charge in [-0.3, -0.25) is 0 Å². The molecule has 0 aromatic heterocycles. The summed E-state index contributed by atoms with van der Waals surface area (Å²) in [6.45, 7) is 0.771. The lowest BCUT2D eigenvalue weighted by molar-refractivity contribution is 0.465. The quantitative estimate of drug-likeness (QED) is 0.659. The lowest BCUT2D eigenvalue weighted by Gasteiger charge is -2.03. The SMILES string of the molecule is Oc1c(Cl)cc(F)cc1[C@H]1CN1. The Kier molecular flexibility index (Phi) is 1.70. The predicted molar refractivity (Wildman–Crippen MR) is 43.8 cm³/mol. The molecule has 1 aromatic rings. The number of aromatic hydroxyl groups is 1. The normalized spacial score (nSPS) is 21.0. The minimum atomic E-state index is -0.415. The fraction of sp³-hybridized carbons (Fsp3) is 0.250. The summed E-state index contributed by atoms with van der Waals surface area (Å²) in [5.41, 5.74) is 0.542. The van der Waals surface area contributed by atoms with E-state index in [0.29, 0.717) is 5.56 Å². The Hall–Kier alpha value is -0.800. The lowest BCUT2D eigenvalue weighted by atomic mass is 10.1. The smallest absolute Gasteiger partial charge is 0.139 e. The first-order valence-corrected chi connectivity index (χ1v) is 3.97. The van der Waals surface area contributed by atoms with E-state index in [1.807, 2.05) is 0 Å². The van der Waals surface area contributed by atoms with Crippen LogP contribution in [0.4, 0.5) is 4.39 Å². The maximum Gasteiger partial charge on any atom is 0.139 e. The summed E-state index contributed by atoms with van der Waals surface area (Å²) < 4.78 is 12.8. The van der Waals surface area contributed by atoms with Crippen molar-refractivity contribution in [2.75, 3.05) is 6.54 Å². The Morgan fingerprint density at radius 3 is 2.83 bits per heavy atom. The molecule has 0 spiro atoms. The Balaban J connectivity index is 2.51. The van der Waals surface area contributed by atoms with Gasteiger partial charge in [-0.15, -0.1) is 0 Å². The molecule has 1 fully saturated rings. The fourth-order valence-corrected chi connectivity index (χ4v) is 1.34. The molecule has 1 aromatic carbocycles. The average Bonchev–Trinajstić information content (AvgIpc) is 2.79. The topological polar surface area (TPSA) is 42.2 Å². The van der Waals surface area contributed by atoms with Gasteiger partial charge in [-0.05, 0) is 12.1 Å². The molecule has 0 bridgehead atoms. The molecule has 1 aliphatic rings. The van der Waals surface area contributed by atoms with Gasteiger partial charge in [-0.1, -0.05) is 11.6 Å². The van der Waals surface area contributed by atoms with Gasteiger partial charge in [0.15, 0.2) is 0 Å². The Bertz CT molecular complexity index is 325. The van der Waals surface area contributed by atoms with Crippen molar-refractivity contribution in [2.24, 2.45) is 0 Å². The molecule has 2 rings (SSSR count). The van der Waals surface area contributed by atoms with E-state index >= 15 is 0 Å². The molecule has 12 heavy (non-hydrogen) atoms. The maximum atomic E-state index is 12.8. The number of phenolic OH excluding ortho intramolecular Hbond substituents is 1. The molecule has 0 radical (unpaired) electrons. The molecule has 0 unspecified atom stereocenters. The largest absolute Gasteiger partial charge is 0.506 e. The summed E-state index contributed by atoms with van der Waals surface area (Å²) in [6, 6.07) is 2.47. The Labute approximate surface area is 74.0 Å². The molecule has 1 aliphatic heterocycles. The zero-order valence-electron chi connectivity index (χ0n) is 6.14. The monoisotopic (exact) mass is 187 g/mol. The van der Waals surface area contributed by atoms with Crippen LogP contribution in [0.5, 0.6) is 5.75 Å². The van der Waals surface area contributed by atoms with E-state index in [1.165, 1.54) is 6.07 Å². The van der Waals surface area contributed by atoms with Crippen molar-refractivity contribution in [3.63, 3.8) is 0 Å². The minimum Gasteiger partial charge on any atom is -0.506 e. The highest BCUT2D eigenvalue weighted by Gasteiger charge is 2.26. The molecular formula is C8H7ClFNO. The van der Waals surface area contributed by atoms with Gasteiger partial charge in [0.2, 0.25) is 0 Å². The van der Waals surface area contributed by atoms with E-state index in [-0.39, 0.29) is 16.8 Å². The number of nitrogens with one attached hydrogen (secondary N) is 1. The summed E-state index contributed by atoms with van der Waals surface area (Å²) in [5, 5.41) is 12.4. The van der Waals surface area contributed by atoms with E-state index < -0.39 is 5.82 Å². The summed E-state index contributed by atoms with van der Waals surface area (Å²) in [5.74, 6) is -0.436. The molecule has 1 atom stereocenters. The fourth-order valence-electron chi connectivity index (χ4n) is 1.13. The highest BCUT2D eigenvalue weighted by Crippen LogP contribution is 2.35. The number of halogens is 2. The van der Waals surface area contributed by atoms with Gasteiger partial charge in [0.1, 0.15) is 11.6 Å². The first-order chi connectivity index (χ1) is 5.68. The van der Waals surface area contributed by atoms with Gasteiger partial charge in [-0.2, -0.15) is 0 Å². The van der Waals surface area contributed by atoms with Crippen LogP contribution in [-0.2, 0) is 0 Å². The standard InChI is InChI=1S/C8H7ClFNO/c9-6-2-4(10)1-5(8(6)12)7-3-11-7/h1-2,7,11-12H,3H2/t7-/m1/s1. The van der Waals surface area contributed by atoms with Crippen molar-refractivity contribution >= 4 is 11.6 Å². The van der Waals surface area contributed by atoms with Crippen molar-refractivity contribution in [1.82, 2.24) is 5.32 Å². The summed E-state index contributed by atoms with van der Waals surface area (Å²) in [4.78, 5) is 0. The van der Waals surface area contributed by atoms with Crippen LogP contribution in [0.1, 0.15) is 11.6 Å². The van der Waals surface area contributed by atoms with Crippen molar-refractivity contribution < 1.29 is 9.50 Å². The zero-order chi connectivity index (χ0) is 8.72. The van der Waals surface area contributed by atoms with Gasteiger partial charge >= 0.3 is 0 Å². The van der Waals surface area contributed by atoms with E-state index in [4.69, 9.17) is 11.6 Å². The van der Waals surface area contributed by atoms with Crippen LogP contribution in [0.2, 0.25) is 5.02 Å². The van der Waals surface area contributed by atoms with Crippen molar-refractivity contribution in [3.05, 3.63) is 28.5 Å². The van der Waals surface area contributed by atoms with Gasteiger partial charge in [0.25, 0.3) is 0 Å². The molecule has 64 valence electrons. The van der Waals surface area contributed by atoms with Crippen LogP contribution in [0, 0.1) is 5.82 Å². The van der Waals surface area contributed by atoms with Gasteiger partial charge in [0, 0.05) is 18.2 Å². The maximum absolute atomic E-state index is 12.8. The summed E-state index contributed by atoms with van der Waals surface area (Å²) in [6.07, 6.45) is 0. The average molecular weight is 188 g/mol. The number of hydrogen-bond acceptors (Lipinski definition) is 2. The first-order valence-electron chi connectivity index (χ1n) is 3.60. The predicted octanol–water partition coefficient (Wildman–Crippen LogP) is 1.83. The molecule has 1 heterocycles. The number of benzene rings is 1. The summed E-state index contributed by atoms with van der Waals surface area (Å²) in [7, 11) is 0. The van der Waals surface area contributed by atoms with E-state index in [9.17, 15) is 9.50 Å². The molecule has 2 N–H and O–H groups in total. The van der Waals surface area contributed by atoms with Crippen molar-refractivity contribution in [2.45, 2.75) is 6.04 Å². The van der Waals surface area contributed by atoms with Crippen LogP contribution in [0.15, 0.2) is 12.1 Å². The highest BCUT2D eigenvalue weighted by molar-refractivity contribution is 6.32. The molecule has 0 aliphatic carbocycles. The van der Waals surface area contributed by atoms with Gasteiger partial charge < -0.3 is 10.4 Å². The van der Waals surface area contributed by atoms with Gasteiger partial charge in [0.05, 0.1) is 5.02 Å². The second-order valence-corrected chi connectivity index (χ2v) is 3.19. The summed E-state index contributed by atoms with van der Waals surface area (Å²) >= 11 is 5.57. The van der Waals surface area contributed by atoms with E-state index in [2.05, 4.69) is 5.32 Å². The second-order valence-electron chi connectivity index (χ2n) is 2.79. The third kappa shape index (κ3) is 1.26. The molecule has 0 amide bonds. The third-order valence-electron chi connectivity index (χ3n) is 1.84. The third-order valence-corrected chi connectivity index (χ3v) is 2.13. The van der Waals surface area contributed by atoms with E-state index in [0.717, 1.165) is 12.6 Å². The van der Waals surface area contributed by atoms with Crippen LogP contribution in [0.3, 0.4) is 0 Å². The number of rotatable bonds is 1. The molecule has 1 saturated heterocycles. The lowest BCUT2D eigenvalue weighted by Crippen LogP contribution is -1.88. The Morgan fingerprint density at radius 2 is 2.25 bits per heavy atom. The number of hydrogen-bond donors (Lipinski definition) is 2. The van der Waals surface area contributed by atoms with Crippen molar-refractivity contribution in [3.8, 4) is 5.75 Å². The van der Waals surface area contributed by atoms with Crippen LogP contribution < -0.4 is 5.32 Å². The van der Waals surface area contributed by atoms with Crippen LogP contribution >= 0.6 is 11.6 Å². The number of phenols is 1. The van der Waals surface area contributed by atoms with Crippen LogP contribution in [0.25, 0.3) is 0 Å². The van der Waals surface area contributed by atoms with E-state index in [1.54, 1.807) is 0 Å². The Morgan fingerprint density at radius 1 is 1.58 bits per heavy atom. The zero-order valence-corrected chi connectivity index (χ0v) is 6.90. The minimum absolute atomic E-state index is 0.0203.